The number of ether oxygens (including phenoxy) is 6. The monoisotopic (exact) mass is 452 g/mol. The zero-order chi connectivity index (χ0) is 23.8. The standard InChI is InChI=1S/C21H24O11/c1-11(22)28-16-17(29-12(2)23)19(30-13(3)24)21(31-14(4)25)32-18(16)20(26)27-10-15-8-6-5-7-9-15/h5-9,16-19,21H,10H2,1-4H3. The highest BCUT2D eigenvalue weighted by atomic mass is 16.7. The molecule has 1 aromatic carbocycles. The van der Waals surface area contributed by atoms with Crippen LogP contribution in [0.25, 0.3) is 0 Å². The molecule has 1 heterocycles. The summed E-state index contributed by atoms with van der Waals surface area (Å²) >= 11 is 0. The summed E-state index contributed by atoms with van der Waals surface area (Å²) in [6, 6.07) is 8.73. The smallest absolute Gasteiger partial charge is 0.339 e. The topological polar surface area (TPSA) is 141 Å². The minimum absolute atomic E-state index is 0.129. The molecule has 0 saturated carbocycles. The first kappa shape index (κ1) is 24.8. The molecular formula is C21H24O11. The van der Waals surface area contributed by atoms with E-state index in [4.69, 9.17) is 28.4 Å². The molecule has 0 aromatic heterocycles. The second kappa shape index (κ2) is 11.2. The molecule has 32 heavy (non-hydrogen) atoms. The lowest BCUT2D eigenvalue weighted by atomic mass is 9.97. The molecule has 0 N–H and O–H groups in total. The molecule has 5 unspecified atom stereocenters. The minimum Gasteiger partial charge on any atom is -0.459 e. The van der Waals surface area contributed by atoms with Crippen LogP contribution >= 0.6 is 0 Å². The summed E-state index contributed by atoms with van der Waals surface area (Å²) in [5, 5.41) is 0. The second-order valence-electron chi connectivity index (χ2n) is 6.85. The van der Waals surface area contributed by atoms with Crippen LogP contribution in [-0.2, 0) is 59.0 Å². The number of benzene rings is 1. The van der Waals surface area contributed by atoms with Gasteiger partial charge in [0, 0.05) is 27.7 Å². The predicted molar refractivity (Wildman–Crippen MR) is 103 cm³/mol. The van der Waals surface area contributed by atoms with Gasteiger partial charge < -0.3 is 28.4 Å². The van der Waals surface area contributed by atoms with E-state index in [1.807, 2.05) is 0 Å². The molecule has 1 aliphatic rings. The van der Waals surface area contributed by atoms with E-state index in [1.54, 1.807) is 30.3 Å². The van der Waals surface area contributed by atoms with Gasteiger partial charge in [-0.1, -0.05) is 30.3 Å². The van der Waals surface area contributed by atoms with E-state index >= 15 is 0 Å². The van der Waals surface area contributed by atoms with Crippen molar-refractivity contribution < 1.29 is 52.4 Å². The zero-order valence-corrected chi connectivity index (χ0v) is 18.0. The highest BCUT2D eigenvalue weighted by Crippen LogP contribution is 2.30. The van der Waals surface area contributed by atoms with Crippen LogP contribution in [0.4, 0.5) is 0 Å². The Morgan fingerprint density at radius 2 is 1.22 bits per heavy atom. The van der Waals surface area contributed by atoms with Crippen LogP contribution < -0.4 is 0 Å². The maximum atomic E-state index is 12.8. The average Bonchev–Trinajstić information content (AvgIpc) is 2.69. The van der Waals surface area contributed by atoms with Gasteiger partial charge in [0.1, 0.15) is 6.61 Å². The van der Waals surface area contributed by atoms with E-state index in [-0.39, 0.29) is 6.61 Å². The molecule has 0 amide bonds. The summed E-state index contributed by atoms with van der Waals surface area (Å²) in [7, 11) is 0. The average molecular weight is 452 g/mol. The molecular weight excluding hydrogens is 428 g/mol. The Hall–Kier alpha value is -3.47. The summed E-state index contributed by atoms with van der Waals surface area (Å²) < 4.78 is 31.3. The van der Waals surface area contributed by atoms with Crippen LogP contribution in [0, 0.1) is 0 Å². The van der Waals surface area contributed by atoms with Gasteiger partial charge in [-0.25, -0.2) is 4.79 Å². The fraction of sp³-hybridized carbons (Fsp3) is 0.476. The first-order chi connectivity index (χ1) is 15.1. The van der Waals surface area contributed by atoms with Crippen LogP contribution in [-0.4, -0.2) is 60.6 Å². The van der Waals surface area contributed by atoms with Crippen LogP contribution in [0.2, 0.25) is 0 Å². The largest absolute Gasteiger partial charge is 0.459 e. The third-order valence-electron chi connectivity index (χ3n) is 4.14. The molecule has 2 rings (SSSR count). The van der Waals surface area contributed by atoms with E-state index in [1.165, 1.54) is 0 Å². The zero-order valence-electron chi connectivity index (χ0n) is 18.0. The molecule has 0 aliphatic carbocycles. The SMILES string of the molecule is CC(=O)OC1OC(C(=O)OCc2ccccc2)C(OC(C)=O)C(OC(C)=O)C1OC(C)=O. The maximum Gasteiger partial charge on any atom is 0.339 e. The normalized spacial score (nSPS) is 24.6. The molecule has 1 aliphatic heterocycles. The first-order valence-electron chi connectivity index (χ1n) is 9.63. The highest BCUT2D eigenvalue weighted by Gasteiger charge is 2.56. The fourth-order valence-corrected chi connectivity index (χ4v) is 3.03. The van der Waals surface area contributed by atoms with Crippen molar-refractivity contribution in [1.82, 2.24) is 0 Å². The fourth-order valence-electron chi connectivity index (χ4n) is 3.03. The van der Waals surface area contributed by atoms with Crippen molar-refractivity contribution in [3.63, 3.8) is 0 Å². The Bertz CT molecular complexity index is 851. The molecule has 1 aromatic rings. The van der Waals surface area contributed by atoms with Crippen molar-refractivity contribution in [3.8, 4) is 0 Å². The van der Waals surface area contributed by atoms with E-state index in [0.717, 1.165) is 27.7 Å². The number of carbonyl (C=O) groups excluding carboxylic acids is 5. The molecule has 0 bridgehead atoms. The quantitative estimate of drug-likeness (QED) is 0.429. The summed E-state index contributed by atoms with van der Waals surface area (Å²) in [5.41, 5.74) is 0.673. The lowest BCUT2D eigenvalue weighted by molar-refractivity contribution is -0.294. The molecule has 11 heteroatoms. The number of carbonyl (C=O) groups is 5. The van der Waals surface area contributed by atoms with Crippen molar-refractivity contribution in [2.24, 2.45) is 0 Å². The summed E-state index contributed by atoms with van der Waals surface area (Å²) in [4.78, 5) is 59.5. The number of rotatable bonds is 7. The molecule has 1 fully saturated rings. The Kier molecular flexibility index (Phi) is 8.71. The van der Waals surface area contributed by atoms with Gasteiger partial charge in [0.25, 0.3) is 0 Å². The first-order valence-corrected chi connectivity index (χ1v) is 9.63. The number of hydrogen-bond donors (Lipinski definition) is 0. The summed E-state index contributed by atoms with van der Waals surface area (Å²) in [6.45, 7) is 4.13. The van der Waals surface area contributed by atoms with Gasteiger partial charge >= 0.3 is 29.8 Å². The molecule has 174 valence electrons. The van der Waals surface area contributed by atoms with Crippen LogP contribution in [0.15, 0.2) is 30.3 Å². The highest BCUT2D eigenvalue weighted by molar-refractivity contribution is 5.77. The van der Waals surface area contributed by atoms with Gasteiger partial charge in [-0.05, 0) is 5.56 Å². The van der Waals surface area contributed by atoms with Crippen LogP contribution in [0.1, 0.15) is 33.3 Å². The Balaban J connectivity index is 2.38. The second-order valence-corrected chi connectivity index (χ2v) is 6.85. The van der Waals surface area contributed by atoms with Gasteiger partial charge in [0.2, 0.25) is 12.4 Å². The van der Waals surface area contributed by atoms with Crippen molar-refractivity contribution in [3.05, 3.63) is 35.9 Å². The number of esters is 5. The summed E-state index contributed by atoms with van der Waals surface area (Å²) in [5.74, 6) is -4.28. The Morgan fingerprint density at radius 3 is 1.75 bits per heavy atom. The Morgan fingerprint density at radius 1 is 0.719 bits per heavy atom. The van der Waals surface area contributed by atoms with Crippen molar-refractivity contribution in [2.75, 3.05) is 0 Å². The lowest BCUT2D eigenvalue weighted by Gasteiger charge is -2.42. The van der Waals surface area contributed by atoms with Crippen molar-refractivity contribution in [1.29, 1.82) is 0 Å². The van der Waals surface area contributed by atoms with Gasteiger partial charge in [-0.2, -0.15) is 0 Å². The molecule has 1 saturated heterocycles. The lowest BCUT2D eigenvalue weighted by Crippen LogP contribution is -2.64. The molecule has 11 nitrogen and oxygen atoms in total. The third kappa shape index (κ3) is 7.05. The van der Waals surface area contributed by atoms with Gasteiger partial charge in [0.15, 0.2) is 18.3 Å². The number of hydrogen-bond acceptors (Lipinski definition) is 11. The van der Waals surface area contributed by atoms with E-state index < -0.39 is 60.6 Å². The van der Waals surface area contributed by atoms with E-state index in [0.29, 0.717) is 5.56 Å². The van der Waals surface area contributed by atoms with Crippen LogP contribution in [0.5, 0.6) is 0 Å². The van der Waals surface area contributed by atoms with Gasteiger partial charge in [-0.15, -0.1) is 0 Å². The maximum absolute atomic E-state index is 12.8. The van der Waals surface area contributed by atoms with Crippen LogP contribution in [0.3, 0.4) is 0 Å². The molecule has 0 radical (unpaired) electrons. The minimum atomic E-state index is -1.65. The van der Waals surface area contributed by atoms with E-state index in [9.17, 15) is 24.0 Å². The predicted octanol–water partition coefficient (Wildman–Crippen LogP) is 0.813. The van der Waals surface area contributed by atoms with Gasteiger partial charge in [0.05, 0.1) is 0 Å². The third-order valence-corrected chi connectivity index (χ3v) is 4.14. The molecule has 5 atom stereocenters. The Labute approximate surface area is 183 Å². The van der Waals surface area contributed by atoms with Crippen molar-refractivity contribution >= 4 is 29.8 Å². The van der Waals surface area contributed by atoms with Gasteiger partial charge in [-0.3, -0.25) is 19.2 Å². The van der Waals surface area contributed by atoms with E-state index in [2.05, 4.69) is 0 Å². The molecule has 0 spiro atoms. The summed E-state index contributed by atoms with van der Waals surface area (Å²) in [6.07, 6.45) is -7.86. The van der Waals surface area contributed by atoms with Crippen molar-refractivity contribution in [2.45, 2.75) is 65.0 Å².